The Morgan fingerprint density at radius 2 is 2.00 bits per heavy atom. The molecule has 0 aliphatic heterocycles. The Labute approximate surface area is 121 Å². The first kappa shape index (κ1) is 16.0. The van der Waals surface area contributed by atoms with Crippen LogP contribution in [0.3, 0.4) is 0 Å². The van der Waals surface area contributed by atoms with E-state index in [1.807, 2.05) is 0 Å². The minimum absolute atomic E-state index is 0.0239. The molecule has 0 aliphatic carbocycles. The summed E-state index contributed by atoms with van der Waals surface area (Å²) in [7, 11) is -3.93. The molecule has 106 valence electrons. The first-order valence-electron chi connectivity index (χ1n) is 5.29. The second kappa shape index (κ2) is 6.42. The molecule has 1 aromatic rings. The highest BCUT2D eigenvalue weighted by molar-refractivity contribution is 7.89. The summed E-state index contributed by atoms with van der Waals surface area (Å²) < 4.78 is 26.0. The van der Waals surface area contributed by atoms with Gasteiger partial charge in [-0.05, 0) is 19.1 Å². The number of carbonyl (C=O) groups is 1. The molecule has 0 aliphatic rings. The maximum atomic E-state index is 12.0. The van der Waals surface area contributed by atoms with E-state index in [1.54, 1.807) is 6.92 Å². The number of nitrogen functional groups attached to an aromatic ring is 1. The molecular formula is C10H13Cl2N3O3S. The summed E-state index contributed by atoms with van der Waals surface area (Å²) in [5.74, 6) is -0.441. The van der Waals surface area contributed by atoms with Crippen molar-refractivity contribution in [1.82, 2.24) is 10.0 Å². The standard InChI is InChI=1S/C10H13Cl2N3O3S/c1-2-14-8(16)5-15-19(17,18)7-4-3-6(11)10(13)9(7)12/h3-4,15H,2,5,13H2,1H3,(H,14,16). The quantitative estimate of drug-likeness (QED) is 0.702. The number of nitrogens with one attached hydrogen (secondary N) is 2. The molecule has 0 spiro atoms. The summed E-state index contributed by atoms with van der Waals surface area (Å²) in [6.45, 7) is 1.76. The number of hydrogen-bond donors (Lipinski definition) is 3. The molecule has 9 heteroatoms. The topological polar surface area (TPSA) is 101 Å². The number of nitrogens with two attached hydrogens (primary N) is 1. The molecule has 1 amide bonds. The monoisotopic (exact) mass is 325 g/mol. The molecular weight excluding hydrogens is 313 g/mol. The normalized spacial score (nSPS) is 11.3. The molecule has 1 aromatic carbocycles. The Balaban J connectivity index is 2.96. The van der Waals surface area contributed by atoms with Crippen LogP contribution in [0, 0.1) is 0 Å². The van der Waals surface area contributed by atoms with E-state index in [0.29, 0.717) is 6.54 Å². The van der Waals surface area contributed by atoms with E-state index in [4.69, 9.17) is 28.9 Å². The minimum atomic E-state index is -3.93. The van der Waals surface area contributed by atoms with Gasteiger partial charge in [-0.15, -0.1) is 0 Å². The molecule has 6 nitrogen and oxygen atoms in total. The predicted octanol–water partition coefficient (Wildman–Crippen LogP) is 0.990. The van der Waals surface area contributed by atoms with Crippen LogP contribution in [0.2, 0.25) is 10.0 Å². The molecule has 0 aromatic heterocycles. The third-order valence-corrected chi connectivity index (χ3v) is 4.47. The summed E-state index contributed by atoms with van der Waals surface area (Å²) in [5, 5.41) is 2.45. The Hall–Kier alpha value is -1.02. The van der Waals surface area contributed by atoms with E-state index >= 15 is 0 Å². The maximum absolute atomic E-state index is 12.0. The second-order valence-corrected chi connectivity index (χ2v) is 6.07. The van der Waals surface area contributed by atoms with Crippen molar-refractivity contribution in [3.63, 3.8) is 0 Å². The van der Waals surface area contributed by atoms with Crippen molar-refractivity contribution < 1.29 is 13.2 Å². The lowest BCUT2D eigenvalue weighted by Crippen LogP contribution is -2.36. The number of anilines is 1. The summed E-state index contributed by atoms with van der Waals surface area (Å²) in [6.07, 6.45) is 0. The van der Waals surface area contributed by atoms with Crippen LogP contribution in [0.1, 0.15) is 6.92 Å². The number of carbonyl (C=O) groups excluding carboxylic acids is 1. The Morgan fingerprint density at radius 1 is 1.37 bits per heavy atom. The minimum Gasteiger partial charge on any atom is -0.396 e. The summed E-state index contributed by atoms with van der Waals surface area (Å²) in [5.41, 5.74) is 5.52. The number of halogens is 2. The maximum Gasteiger partial charge on any atom is 0.242 e. The fourth-order valence-corrected chi connectivity index (χ4v) is 3.00. The number of benzene rings is 1. The molecule has 1 rings (SSSR count). The molecule has 0 atom stereocenters. The van der Waals surface area contributed by atoms with Gasteiger partial charge < -0.3 is 11.1 Å². The highest BCUT2D eigenvalue weighted by Crippen LogP contribution is 2.32. The number of sulfonamides is 1. The molecule has 0 saturated heterocycles. The summed E-state index contributed by atoms with van der Waals surface area (Å²) in [6, 6.07) is 2.55. The first-order valence-corrected chi connectivity index (χ1v) is 7.53. The van der Waals surface area contributed by atoms with Gasteiger partial charge in [-0.1, -0.05) is 23.2 Å². The van der Waals surface area contributed by atoms with Gasteiger partial charge in [-0.25, -0.2) is 13.1 Å². The van der Waals surface area contributed by atoms with E-state index in [9.17, 15) is 13.2 Å². The molecule has 0 bridgehead atoms. The van der Waals surface area contributed by atoms with Crippen molar-refractivity contribution in [3.05, 3.63) is 22.2 Å². The number of hydrogen-bond acceptors (Lipinski definition) is 4. The van der Waals surface area contributed by atoms with Gasteiger partial charge in [0.1, 0.15) is 4.90 Å². The van der Waals surface area contributed by atoms with E-state index in [2.05, 4.69) is 10.0 Å². The molecule has 4 N–H and O–H groups in total. The molecule has 0 saturated carbocycles. The van der Waals surface area contributed by atoms with Crippen LogP contribution in [-0.2, 0) is 14.8 Å². The van der Waals surface area contributed by atoms with Crippen LogP contribution in [-0.4, -0.2) is 27.4 Å². The zero-order valence-electron chi connectivity index (χ0n) is 10.0. The van der Waals surface area contributed by atoms with Crippen molar-refractivity contribution in [2.24, 2.45) is 0 Å². The predicted molar refractivity (Wildman–Crippen MR) is 74.7 cm³/mol. The SMILES string of the molecule is CCNC(=O)CNS(=O)(=O)c1ccc(Cl)c(N)c1Cl. The zero-order valence-corrected chi connectivity index (χ0v) is 12.4. The number of rotatable bonds is 5. The Kier molecular flexibility index (Phi) is 5.42. The summed E-state index contributed by atoms with van der Waals surface area (Å²) >= 11 is 11.5. The fraction of sp³-hybridized carbons (Fsp3) is 0.300. The van der Waals surface area contributed by atoms with Crippen LogP contribution >= 0.6 is 23.2 Å². The molecule has 0 fully saturated rings. The van der Waals surface area contributed by atoms with E-state index < -0.39 is 15.9 Å². The van der Waals surface area contributed by atoms with Crippen LogP contribution in [0.25, 0.3) is 0 Å². The van der Waals surface area contributed by atoms with Crippen LogP contribution in [0.5, 0.6) is 0 Å². The van der Waals surface area contributed by atoms with Crippen LogP contribution < -0.4 is 15.8 Å². The average molecular weight is 326 g/mol. The molecule has 0 radical (unpaired) electrons. The number of amides is 1. The summed E-state index contributed by atoms with van der Waals surface area (Å²) in [4.78, 5) is 11.0. The number of likely N-dealkylation sites (N-methyl/N-ethyl adjacent to an activating group) is 1. The second-order valence-electron chi connectivity index (χ2n) is 3.55. The largest absolute Gasteiger partial charge is 0.396 e. The van der Waals surface area contributed by atoms with E-state index in [0.717, 1.165) is 0 Å². The van der Waals surface area contributed by atoms with Crippen molar-refractivity contribution in [2.75, 3.05) is 18.8 Å². The van der Waals surface area contributed by atoms with Gasteiger partial charge in [0, 0.05) is 6.54 Å². The zero-order chi connectivity index (χ0) is 14.6. The van der Waals surface area contributed by atoms with Crippen molar-refractivity contribution in [1.29, 1.82) is 0 Å². The van der Waals surface area contributed by atoms with Gasteiger partial charge in [0.15, 0.2) is 0 Å². The van der Waals surface area contributed by atoms with Crippen molar-refractivity contribution in [2.45, 2.75) is 11.8 Å². The van der Waals surface area contributed by atoms with E-state index in [1.165, 1.54) is 12.1 Å². The highest BCUT2D eigenvalue weighted by atomic mass is 35.5. The van der Waals surface area contributed by atoms with Crippen LogP contribution in [0.4, 0.5) is 5.69 Å². The first-order chi connectivity index (χ1) is 8.79. The average Bonchev–Trinajstić information content (AvgIpc) is 2.34. The van der Waals surface area contributed by atoms with Gasteiger partial charge in [0.05, 0.1) is 22.3 Å². The smallest absolute Gasteiger partial charge is 0.242 e. The van der Waals surface area contributed by atoms with Gasteiger partial charge in [-0.3, -0.25) is 4.79 Å². The van der Waals surface area contributed by atoms with E-state index in [-0.39, 0.29) is 27.2 Å². The lowest BCUT2D eigenvalue weighted by molar-refractivity contribution is -0.119. The molecule has 0 heterocycles. The van der Waals surface area contributed by atoms with Gasteiger partial charge in [-0.2, -0.15) is 0 Å². The fourth-order valence-electron chi connectivity index (χ4n) is 1.25. The third-order valence-electron chi connectivity index (χ3n) is 2.18. The van der Waals surface area contributed by atoms with Gasteiger partial charge in [0.2, 0.25) is 15.9 Å². The van der Waals surface area contributed by atoms with Gasteiger partial charge >= 0.3 is 0 Å². The lowest BCUT2D eigenvalue weighted by atomic mass is 10.3. The molecule has 0 unspecified atom stereocenters. The van der Waals surface area contributed by atoms with Crippen molar-refractivity contribution in [3.8, 4) is 0 Å². The van der Waals surface area contributed by atoms with Crippen molar-refractivity contribution >= 4 is 44.8 Å². The Bertz CT molecular complexity index is 590. The Morgan fingerprint density at radius 3 is 2.58 bits per heavy atom. The van der Waals surface area contributed by atoms with Gasteiger partial charge in [0.25, 0.3) is 0 Å². The molecule has 19 heavy (non-hydrogen) atoms. The van der Waals surface area contributed by atoms with Crippen LogP contribution in [0.15, 0.2) is 17.0 Å². The highest BCUT2D eigenvalue weighted by Gasteiger charge is 2.21. The third kappa shape index (κ3) is 3.97. The lowest BCUT2D eigenvalue weighted by Gasteiger charge is -2.10.